The first-order valence-corrected chi connectivity index (χ1v) is 12.3. The van der Waals surface area contributed by atoms with E-state index in [1.54, 1.807) is 27.7 Å². The van der Waals surface area contributed by atoms with E-state index in [1.165, 1.54) is 12.1 Å². The Morgan fingerprint density at radius 1 is 1.29 bits per heavy atom. The molecular weight excluding hydrogens is 449 g/mol. The van der Waals surface area contributed by atoms with Crippen LogP contribution in [0.1, 0.15) is 49.2 Å². The van der Waals surface area contributed by atoms with Gasteiger partial charge in [-0.15, -0.1) is 0 Å². The molecule has 8 nitrogen and oxygen atoms in total. The largest absolute Gasteiger partial charge is 0.383 e. The Bertz CT molecular complexity index is 1350. The first-order chi connectivity index (χ1) is 16.8. The van der Waals surface area contributed by atoms with Crippen LogP contribution in [0, 0.1) is 11.7 Å². The lowest BCUT2D eigenvalue weighted by Crippen LogP contribution is -2.69. The molecule has 1 aromatic carbocycles. The molecule has 2 amide bonds. The van der Waals surface area contributed by atoms with Gasteiger partial charge in [0.1, 0.15) is 17.6 Å². The number of aliphatic hydroxyl groups is 1. The number of fused-ring (bicyclic) bond motifs is 5. The lowest BCUT2D eigenvalue weighted by atomic mass is 10.0. The summed E-state index contributed by atoms with van der Waals surface area (Å²) in [6.45, 7) is 5.14. The number of hydrogen-bond acceptors (Lipinski definition) is 4. The minimum Gasteiger partial charge on any atom is -0.383 e. The molecule has 1 saturated carbocycles. The lowest BCUT2D eigenvalue weighted by molar-refractivity contribution is -0.749. The fraction of sp³-hybridized carbons (Fsp3) is 0.462. The van der Waals surface area contributed by atoms with E-state index in [0.717, 1.165) is 29.6 Å². The number of piperazine rings is 1. The lowest BCUT2D eigenvalue weighted by Gasteiger charge is -2.43. The third-order valence-corrected chi connectivity index (χ3v) is 7.71. The van der Waals surface area contributed by atoms with E-state index >= 15 is 0 Å². The second-order valence-corrected chi connectivity index (χ2v) is 10.2. The summed E-state index contributed by atoms with van der Waals surface area (Å²) in [7, 11) is 0. The summed E-state index contributed by atoms with van der Waals surface area (Å²) in [5, 5.41) is 15.3. The summed E-state index contributed by atoms with van der Waals surface area (Å²) >= 11 is 0. The molecule has 3 aromatic rings. The molecule has 0 bridgehead atoms. The van der Waals surface area contributed by atoms with Gasteiger partial charge in [0.25, 0.3) is 5.91 Å². The summed E-state index contributed by atoms with van der Waals surface area (Å²) < 4.78 is 17.2. The van der Waals surface area contributed by atoms with Crippen LogP contribution in [0.15, 0.2) is 36.5 Å². The predicted molar refractivity (Wildman–Crippen MR) is 125 cm³/mol. The van der Waals surface area contributed by atoms with Crippen molar-refractivity contribution in [3.05, 3.63) is 53.6 Å². The average molecular weight is 479 g/mol. The van der Waals surface area contributed by atoms with Gasteiger partial charge in [-0.05, 0) is 49.1 Å². The molecule has 6 rings (SSSR count). The number of imidazole rings is 1. The highest BCUT2D eigenvalue weighted by Gasteiger charge is 2.57. The molecular formula is C26H29FN5O3+. The average Bonchev–Trinajstić information content (AvgIpc) is 3.53. The zero-order valence-corrected chi connectivity index (χ0v) is 19.9. The highest BCUT2D eigenvalue weighted by molar-refractivity contribution is 5.93. The van der Waals surface area contributed by atoms with Crippen molar-refractivity contribution in [2.75, 3.05) is 19.6 Å². The van der Waals surface area contributed by atoms with Crippen molar-refractivity contribution in [3.8, 4) is 11.3 Å². The van der Waals surface area contributed by atoms with Gasteiger partial charge in [0.15, 0.2) is 6.20 Å². The van der Waals surface area contributed by atoms with Crippen molar-refractivity contribution in [2.45, 2.75) is 51.3 Å². The maximum Gasteiger partial charge on any atom is 0.313 e. The molecule has 3 aliphatic rings. The zero-order chi connectivity index (χ0) is 24.5. The van der Waals surface area contributed by atoms with Gasteiger partial charge in [0.05, 0.1) is 6.54 Å². The zero-order valence-electron chi connectivity index (χ0n) is 19.9. The van der Waals surface area contributed by atoms with Gasteiger partial charge < -0.3 is 10.0 Å². The number of benzene rings is 1. The summed E-state index contributed by atoms with van der Waals surface area (Å²) in [6.07, 6.45) is 4.13. The Labute approximate surface area is 202 Å². The predicted octanol–water partition coefficient (Wildman–Crippen LogP) is 2.12. The standard InChI is InChI=1S/C26H29FN5O3/c1-3-17-13-20(18-6-8-19(27)9-7-18)28-31-14-21-24(34)30-11-10-29(15-26(30,2)32(21)23(17)31)25(35)22(33)12-16-4-5-16/h6-9,13-14,16,22,33H,3-5,10-12,15H2,1-2H3/q+1. The minimum atomic E-state index is -0.990. The third-order valence-electron chi connectivity index (χ3n) is 7.71. The van der Waals surface area contributed by atoms with Crippen LogP contribution in [0.2, 0.25) is 0 Å². The number of amides is 2. The minimum absolute atomic E-state index is 0.0889. The highest BCUT2D eigenvalue weighted by atomic mass is 19.1. The van der Waals surface area contributed by atoms with Crippen molar-refractivity contribution >= 4 is 17.5 Å². The van der Waals surface area contributed by atoms with Gasteiger partial charge >= 0.3 is 11.6 Å². The van der Waals surface area contributed by atoms with Gasteiger partial charge in [-0.1, -0.05) is 29.4 Å². The van der Waals surface area contributed by atoms with E-state index in [-0.39, 0.29) is 17.6 Å². The molecule has 0 radical (unpaired) electrons. The van der Waals surface area contributed by atoms with Gasteiger partial charge in [-0.25, -0.2) is 4.39 Å². The van der Waals surface area contributed by atoms with E-state index in [2.05, 4.69) is 0 Å². The maximum atomic E-state index is 13.4. The molecule has 1 saturated heterocycles. The first kappa shape index (κ1) is 22.2. The Kier molecular flexibility index (Phi) is 4.96. The Morgan fingerprint density at radius 3 is 2.71 bits per heavy atom. The molecule has 182 valence electrons. The molecule has 2 fully saturated rings. The van der Waals surface area contributed by atoms with E-state index in [9.17, 15) is 19.1 Å². The monoisotopic (exact) mass is 478 g/mol. The molecule has 2 atom stereocenters. The summed E-state index contributed by atoms with van der Waals surface area (Å²) in [6, 6.07) is 8.19. The molecule has 4 heterocycles. The number of hydrogen-bond donors (Lipinski definition) is 1. The molecule has 9 heteroatoms. The summed E-state index contributed by atoms with van der Waals surface area (Å²) in [5.41, 5.74) is 3.04. The molecule has 0 spiro atoms. The Balaban J connectivity index is 1.41. The van der Waals surface area contributed by atoms with Crippen molar-refractivity contribution in [3.63, 3.8) is 0 Å². The second-order valence-electron chi connectivity index (χ2n) is 10.2. The number of aliphatic hydroxyl groups excluding tert-OH is 1. The van der Waals surface area contributed by atoms with E-state index in [1.807, 2.05) is 29.4 Å². The van der Waals surface area contributed by atoms with E-state index in [4.69, 9.17) is 5.10 Å². The molecule has 2 unspecified atom stereocenters. The van der Waals surface area contributed by atoms with Crippen LogP contribution in [-0.4, -0.2) is 62.1 Å². The van der Waals surface area contributed by atoms with Crippen LogP contribution >= 0.6 is 0 Å². The fourth-order valence-electron chi connectivity index (χ4n) is 5.66. The molecule has 1 aliphatic carbocycles. The highest BCUT2D eigenvalue weighted by Crippen LogP contribution is 2.35. The maximum absolute atomic E-state index is 13.4. The number of carbonyl (C=O) groups is 2. The number of rotatable bonds is 5. The number of carbonyl (C=O) groups excluding carboxylic acids is 2. The first-order valence-electron chi connectivity index (χ1n) is 12.3. The van der Waals surface area contributed by atoms with Gasteiger partial charge in [0.2, 0.25) is 11.4 Å². The van der Waals surface area contributed by atoms with Crippen LogP contribution in [0.4, 0.5) is 4.39 Å². The smallest absolute Gasteiger partial charge is 0.313 e. The fourth-order valence-corrected chi connectivity index (χ4v) is 5.66. The molecule has 35 heavy (non-hydrogen) atoms. The van der Waals surface area contributed by atoms with Gasteiger partial charge in [-0.3, -0.25) is 14.5 Å². The van der Waals surface area contributed by atoms with Crippen LogP contribution in [0.25, 0.3) is 16.9 Å². The van der Waals surface area contributed by atoms with Crippen LogP contribution in [0.5, 0.6) is 0 Å². The normalized spacial score (nSPS) is 22.5. The van der Waals surface area contributed by atoms with Crippen molar-refractivity contribution < 1.29 is 23.7 Å². The van der Waals surface area contributed by atoms with Crippen molar-refractivity contribution in [1.29, 1.82) is 0 Å². The number of aryl methyl sites for hydroxylation is 1. The third kappa shape index (κ3) is 3.43. The Hall–Kier alpha value is -3.33. The van der Waals surface area contributed by atoms with E-state index < -0.39 is 11.8 Å². The van der Waals surface area contributed by atoms with E-state index in [0.29, 0.717) is 49.8 Å². The van der Waals surface area contributed by atoms with Gasteiger partial charge in [0, 0.05) is 31.1 Å². The molecule has 1 N–H and O–H groups in total. The summed E-state index contributed by atoms with van der Waals surface area (Å²) in [5.74, 6) is -0.202. The van der Waals surface area contributed by atoms with Crippen LogP contribution in [-0.2, 0) is 16.9 Å². The van der Waals surface area contributed by atoms with Crippen molar-refractivity contribution in [1.82, 2.24) is 19.4 Å². The van der Waals surface area contributed by atoms with Crippen molar-refractivity contribution in [2.24, 2.45) is 5.92 Å². The summed E-state index contributed by atoms with van der Waals surface area (Å²) in [4.78, 5) is 30.0. The number of halogens is 1. The topological polar surface area (TPSA) is 82.0 Å². The molecule has 2 aromatic heterocycles. The van der Waals surface area contributed by atoms with Gasteiger partial charge in [-0.2, -0.15) is 4.57 Å². The quantitative estimate of drug-likeness (QED) is 0.570. The van der Waals surface area contributed by atoms with Crippen LogP contribution in [0.3, 0.4) is 0 Å². The number of nitrogens with zero attached hydrogens (tertiary/aromatic N) is 5. The molecule has 2 aliphatic heterocycles. The second kappa shape index (κ2) is 7.84. The SMILES string of the molecule is CCc1cc(-c2ccc(F)cc2)nn2cc3[n+](c12)C1(C)CN(C(=O)C(O)CC2CC2)CCN1C3=O. The number of aromatic nitrogens is 3. The Morgan fingerprint density at radius 2 is 2.03 bits per heavy atom. The van der Waals surface area contributed by atoms with Crippen LogP contribution < -0.4 is 4.57 Å².